The standard InChI is InChI=1S/C13H13N3O2S/c1-2-12(13-7-4-8-19-13)15-14-10-5-3-6-11(9-10)16(17)18/h3-9,14H,2H2,1H3/b15-12-. The van der Waals surface area contributed by atoms with Crippen LogP contribution >= 0.6 is 11.3 Å². The van der Waals surface area contributed by atoms with Crippen LogP contribution in [-0.4, -0.2) is 10.6 Å². The van der Waals surface area contributed by atoms with E-state index in [9.17, 15) is 10.1 Å². The van der Waals surface area contributed by atoms with Crippen molar-refractivity contribution in [3.05, 3.63) is 56.8 Å². The first-order valence-electron chi connectivity index (χ1n) is 5.81. The molecule has 0 fully saturated rings. The second kappa shape index (κ2) is 6.10. The van der Waals surface area contributed by atoms with Crippen molar-refractivity contribution in [1.82, 2.24) is 0 Å². The summed E-state index contributed by atoms with van der Waals surface area (Å²) in [4.78, 5) is 11.4. The Morgan fingerprint density at radius 2 is 2.26 bits per heavy atom. The summed E-state index contributed by atoms with van der Waals surface area (Å²) in [6, 6.07) is 10.3. The van der Waals surface area contributed by atoms with Crippen molar-refractivity contribution < 1.29 is 4.92 Å². The summed E-state index contributed by atoms with van der Waals surface area (Å²) < 4.78 is 0. The lowest BCUT2D eigenvalue weighted by molar-refractivity contribution is -0.384. The van der Waals surface area contributed by atoms with Gasteiger partial charge in [0.2, 0.25) is 0 Å². The average Bonchev–Trinajstić information content (AvgIpc) is 2.94. The molecule has 1 N–H and O–H groups in total. The minimum absolute atomic E-state index is 0.0503. The van der Waals surface area contributed by atoms with E-state index in [1.54, 1.807) is 23.5 Å². The van der Waals surface area contributed by atoms with Crippen molar-refractivity contribution in [3.8, 4) is 0 Å². The van der Waals surface area contributed by atoms with Crippen LogP contribution in [-0.2, 0) is 0 Å². The van der Waals surface area contributed by atoms with Crippen molar-refractivity contribution >= 4 is 28.4 Å². The van der Waals surface area contributed by atoms with Crippen molar-refractivity contribution in [2.45, 2.75) is 13.3 Å². The number of hydrogen-bond acceptors (Lipinski definition) is 5. The van der Waals surface area contributed by atoms with Crippen LogP contribution in [0, 0.1) is 10.1 Å². The highest BCUT2D eigenvalue weighted by molar-refractivity contribution is 7.12. The molecule has 2 aromatic rings. The summed E-state index contributed by atoms with van der Waals surface area (Å²) in [5, 5.41) is 17.0. The van der Waals surface area contributed by atoms with Crippen LogP contribution in [0.15, 0.2) is 46.9 Å². The van der Waals surface area contributed by atoms with E-state index >= 15 is 0 Å². The van der Waals surface area contributed by atoms with Gasteiger partial charge in [0.1, 0.15) is 0 Å². The molecule has 1 aromatic heterocycles. The van der Waals surface area contributed by atoms with Crippen LogP contribution in [0.4, 0.5) is 11.4 Å². The number of benzene rings is 1. The first-order chi connectivity index (χ1) is 9.20. The third-order valence-corrected chi connectivity index (χ3v) is 3.44. The van der Waals surface area contributed by atoms with Crippen molar-refractivity contribution in [1.29, 1.82) is 0 Å². The molecule has 0 unspecified atom stereocenters. The molecular formula is C13H13N3O2S. The average molecular weight is 275 g/mol. The number of nitro groups is 1. The predicted octanol–water partition coefficient (Wildman–Crippen LogP) is 3.88. The monoisotopic (exact) mass is 275 g/mol. The summed E-state index contributed by atoms with van der Waals surface area (Å²) in [7, 11) is 0. The fourth-order valence-corrected chi connectivity index (χ4v) is 2.36. The summed E-state index contributed by atoms with van der Waals surface area (Å²) in [6.45, 7) is 2.02. The number of hydrazone groups is 1. The Hall–Kier alpha value is -2.21. The Bertz CT molecular complexity index is 594. The van der Waals surface area contributed by atoms with Gasteiger partial charge < -0.3 is 0 Å². The molecule has 0 saturated heterocycles. The zero-order valence-corrected chi connectivity index (χ0v) is 11.2. The fourth-order valence-electron chi connectivity index (χ4n) is 1.57. The van der Waals surface area contributed by atoms with E-state index < -0.39 is 4.92 Å². The van der Waals surface area contributed by atoms with Crippen LogP contribution in [0.3, 0.4) is 0 Å². The topological polar surface area (TPSA) is 67.5 Å². The molecule has 0 atom stereocenters. The number of non-ortho nitro benzene ring substituents is 1. The highest BCUT2D eigenvalue weighted by Crippen LogP contribution is 2.18. The number of anilines is 1. The third kappa shape index (κ3) is 3.38. The zero-order chi connectivity index (χ0) is 13.7. The Kier molecular flexibility index (Phi) is 4.25. The van der Waals surface area contributed by atoms with Crippen molar-refractivity contribution in [2.24, 2.45) is 5.10 Å². The molecule has 0 aliphatic rings. The van der Waals surface area contributed by atoms with Crippen LogP contribution in [0.25, 0.3) is 0 Å². The van der Waals surface area contributed by atoms with E-state index in [0.717, 1.165) is 17.0 Å². The molecule has 5 nitrogen and oxygen atoms in total. The molecule has 0 aliphatic heterocycles. The summed E-state index contributed by atoms with van der Waals surface area (Å²) in [5.41, 5.74) is 4.46. The smallest absolute Gasteiger partial charge is 0.271 e. The van der Waals surface area contributed by atoms with E-state index in [2.05, 4.69) is 10.5 Å². The van der Waals surface area contributed by atoms with Gasteiger partial charge >= 0.3 is 0 Å². The lowest BCUT2D eigenvalue weighted by Gasteiger charge is -2.03. The molecule has 0 amide bonds. The second-order valence-corrected chi connectivity index (χ2v) is 4.76. The molecule has 1 heterocycles. The van der Waals surface area contributed by atoms with Crippen molar-refractivity contribution in [2.75, 3.05) is 5.43 Å². The van der Waals surface area contributed by atoms with Gasteiger partial charge in [-0.1, -0.05) is 19.1 Å². The minimum atomic E-state index is -0.422. The zero-order valence-electron chi connectivity index (χ0n) is 10.4. The van der Waals surface area contributed by atoms with Gasteiger partial charge in [-0.25, -0.2) is 0 Å². The first kappa shape index (κ1) is 13.2. The maximum atomic E-state index is 10.7. The van der Waals surface area contributed by atoms with Gasteiger partial charge in [0.15, 0.2) is 0 Å². The number of rotatable bonds is 5. The molecule has 2 rings (SSSR count). The van der Waals surface area contributed by atoms with E-state index in [1.807, 2.05) is 24.4 Å². The molecule has 1 aromatic carbocycles. The summed E-state index contributed by atoms with van der Waals surface area (Å²) in [6.07, 6.45) is 0.794. The molecule has 0 spiro atoms. The highest BCUT2D eigenvalue weighted by atomic mass is 32.1. The minimum Gasteiger partial charge on any atom is -0.278 e. The fraction of sp³-hybridized carbons (Fsp3) is 0.154. The van der Waals surface area contributed by atoms with Crippen molar-refractivity contribution in [3.63, 3.8) is 0 Å². The molecule has 0 saturated carbocycles. The van der Waals surface area contributed by atoms with Crippen LogP contribution < -0.4 is 5.43 Å². The van der Waals surface area contributed by atoms with E-state index in [4.69, 9.17) is 0 Å². The quantitative estimate of drug-likeness (QED) is 0.511. The molecular weight excluding hydrogens is 262 g/mol. The maximum absolute atomic E-state index is 10.7. The lowest BCUT2D eigenvalue weighted by Crippen LogP contribution is -2.01. The van der Waals surface area contributed by atoms with Gasteiger partial charge in [-0.15, -0.1) is 11.3 Å². The number of thiophene rings is 1. The number of nitrogens with zero attached hydrogens (tertiary/aromatic N) is 2. The molecule has 0 radical (unpaired) electrons. The van der Waals surface area contributed by atoms with Gasteiger partial charge in [-0.3, -0.25) is 15.5 Å². The summed E-state index contributed by atoms with van der Waals surface area (Å²) >= 11 is 1.62. The van der Waals surface area contributed by atoms with Gasteiger partial charge in [0, 0.05) is 12.1 Å². The molecule has 0 aliphatic carbocycles. The second-order valence-electron chi connectivity index (χ2n) is 3.81. The Morgan fingerprint density at radius 1 is 1.42 bits per heavy atom. The molecule has 0 bridgehead atoms. The lowest BCUT2D eigenvalue weighted by atomic mass is 10.2. The molecule has 6 heteroatoms. The van der Waals surface area contributed by atoms with Crippen LogP contribution in [0.5, 0.6) is 0 Å². The van der Waals surface area contributed by atoms with E-state index in [0.29, 0.717) is 5.69 Å². The van der Waals surface area contributed by atoms with Crippen LogP contribution in [0.2, 0.25) is 0 Å². The van der Waals surface area contributed by atoms with Gasteiger partial charge in [-0.2, -0.15) is 5.10 Å². The summed E-state index contributed by atoms with van der Waals surface area (Å²) in [5.74, 6) is 0. The van der Waals surface area contributed by atoms with E-state index in [1.165, 1.54) is 12.1 Å². The SMILES string of the molecule is CC/C(=N/Nc1cccc([N+](=O)[O-])c1)c1cccs1. The molecule has 98 valence electrons. The normalized spacial score (nSPS) is 11.3. The number of nitrogens with one attached hydrogen (secondary N) is 1. The Labute approximate surface area is 114 Å². The van der Waals surface area contributed by atoms with E-state index in [-0.39, 0.29) is 5.69 Å². The predicted molar refractivity (Wildman–Crippen MR) is 77.9 cm³/mol. The van der Waals surface area contributed by atoms with Gasteiger partial charge in [0.25, 0.3) is 5.69 Å². The van der Waals surface area contributed by atoms with Gasteiger partial charge in [-0.05, 0) is 23.9 Å². The third-order valence-electron chi connectivity index (χ3n) is 2.52. The van der Waals surface area contributed by atoms with Crippen LogP contribution in [0.1, 0.15) is 18.2 Å². The number of nitro benzene ring substituents is 1. The largest absolute Gasteiger partial charge is 0.278 e. The van der Waals surface area contributed by atoms with Gasteiger partial charge in [0.05, 0.1) is 21.2 Å². The highest BCUT2D eigenvalue weighted by Gasteiger charge is 2.06. The Morgan fingerprint density at radius 3 is 2.89 bits per heavy atom. The molecule has 19 heavy (non-hydrogen) atoms. The first-order valence-corrected chi connectivity index (χ1v) is 6.69. The Balaban J connectivity index is 2.17. The maximum Gasteiger partial charge on any atom is 0.271 e. The number of hydrogen-bond donors (Lipinski definition) is 1.